The average molecular weight is 525 g/mol. The van der Waals surface area contributed by atoms with Crippen molar-refractivity contribution in [1.82, 2.24) is 4.57 Å². The van der Waals surface area contributed by atoms with Gasteiger partial charge in [0.25, 0.3) is 11.6 Å². The molecule has 0 radical (unpaired) electrons. The Labute approximate surface area is 231 Å². The SMILES string of the molecule is Cc1ccccc1NC(=O)/C(C#N)=C/c1cc(-c2ccccc2)n(-c2ccc([N+](=O)[O-])cc2)c1-c1ccccc1. The van der Waals surface area contributed by atoms with Crippen molar-refractivity contribution in [2.75, 3.05) is 5.32 Å². The van der Waals surface area contributed by atoms with Crippen molar-refractivity contribution in [1.29, 1.82) is 5.26 Å². The highest BCUT2D eigenvalue weighted by Gasteiger charge is 2.21. The number of nitrogens with zero attached hydrogens (tertiary/aromatic N) is 3. The van der Waals surface area contributed by atoms with Crippen LogP contribution in [-0.4, -0.2) is 15.4 Å². The van der Waals surface area contributed by atoms with Crippen LogP contribution in [0.5, 0.6) is 0 Å². The molecule has 194 valence electrons. The van der Waals surface area contributed by atoms with Crippen LogP contribution in [0.2, 0.25) is 0 Å². The minimum Gasteiger partial charge on any atom is -0.321 e. The Balaban J connectivity index is 1.73. The second-order valence-corrected chi connectivity index (χ2v) is 9.11. The molecule has 0 aliphatic carbocycles. The smallest absolute Gasteiger partial charge is 0.269 e. The molecule has 7 heteroatoms. The Hall–Kier alpha value is -5.74. The monoisotopic (exact) mass is 524 g/mol. The summed E-state index contributed by atoms with van der Waals surface area (Å²) in [5, 5.41) is 24.2. The number of nitriles is 1. The number of rotatable bonds is 7. The molecule has 40 heavy (non-hydrogen) atoms. The Kier molecular flexibility index (Phi) is 7.34. The van der Waals surface area contributed by atoms with Crippen LogP contribution in [0.4, 0.5) is 11.4 Å². The normalized spacial score (nSPS) is 11.1. The maximum Gasteiger partial charge on any atom is 0.269 e. The van der Waals surface area contributed by atoms with Gasteiger partial charge in [-0.25, -0.2) is 0 Å². The van der Waals surface area contributed by atoms with Crippen LogP contribution in [0.15, 0.2) is 121 Å². The van der Waals surface area contributed by atoms with Crippen molar-refractivity contribution in [3.05, 3.63) is 142 Å². The third kappa shape index (κ3) is 5.28. The van der Waals surface area contributed by atoms with Gasteiger partial charge < -0.3 is 9.88 Å². The number of anilines is 1. The van der Waals surface area contributed by atoms with Gasteiger partial charge in [0.05, 0.1) is 16.3 Å². The lowest BCUT2D eigenvalue weighted by Crippen LogP contribution is -2.14. The number of nitro benzene ring substituents is 1. The Morgan fingerprint density at radius 3 is 2.08 bits per heavy atom. The molecule has 1 amide bonds. The molecule has 0 bridgehead atoms. The van der Waals surface area contributed by atoms with Crippen molar-refractivity contribution in [3.8, 4) is 34.3 Å². The first-order valence-corrected chi connectivity index (χ1v) is 12.6. The van der Waals surface area contributed by atoms with Gasteiger partial charge in [-0.2, -0.15) is 5.26 Å². The highest BCUT2D eigenvalue weighted by molar-refractivity contribution is 6.10. The first kappa shape index (κ1) is 25.9. The van der Waals surface area contributed by atoms with Gasteiger partial charge in [-0.3, -0.25) is 14.9 Å². The first-order valence-electron chi connectivity index (χ1n) is 12.6. The zero-order chi connectivity index (χ0) is 28.1. The van der Waals surface area contributed by atoms with Crippen molar-refractivity contribution < 1.29 is 9.72 Å². The van der Waals surface area contributed by atoms with Crippen LogP contribution in [0, 0.1) is 28.4 Å². The minimum absolute atomic E-state index is 0.0156. The van der Waals surface area contributed by atoms with E-state index in [1.165, 1.54) is 12.1 Å². The molecule has 0 aliphatic rings. The zero-order valence-electron chi connectivity index (χ0n) is 21.6. The third-order valence-corrected chi connectivity index (χ3v) is 6.52. The number of benzene rings is 4. The highest BCUT2D eigenvalue weighted by atomic mass is 16.6. The summed E-state index contributed by atoms with van der Waals surface area (Å²) in [5.74, 6) is -0.514. The molecule has 1 aromatic heterocycles. The lowest BCUT2D eigenvalue weighted by molar-refractivity contribution is -0.384. The summed E-state index contributed by atoms with van der Waals surface area (Å²) in [6, 6.07) is 37.0. The van der Waals surface area contributed by atoms with Gasteiger partial charge >= 0.3 is 0 Å². The van der Waals surface area contributed by atoms with Crippen LogP contribution in [0.25, 0.3) is 34.3 Å². The number of hydrogen-bond donors (Lipinski definition) is 1. The lowest BCUT2D eigenvalue weighted by atomic mass is 10.0. The van der Waals surface area contributed by atoms with E-state index in [1.807, 2.05) is 96.4 Å². The number of aryl methyl sites for hydroxylation is 1. The van der Waals surface area contributed by atoms with E-state index in [2.05, 4.69) is 11.4 Å². The summed E-state index contributed by atoms with van der Waals surface area (Å²) in [4.78, 5) is 24.1. The van der Waals surface area contributed by atoms with Crippen molar-refractivity contribution in [3.63, 3.8) is 0 Å². The van der Waals surface area contributed by atoms with Crippen LogP contribution >= 0.6 is 0 Å². The summed E-state index contributed by atoms with van der Waals surface area (Å²) in [6.07, 6.45) is 1.59. The molecule has 1 heterocycles. The van der Waals surface area contributed by atoms with Crippen molar-refractivity contribution >= 4 is 23.4 Å². The van der Waals surface area contributed by atoms with Crippen molar-refractivity contribution in [2.45, 2.75) is 6.92 Å². The molecular weight excluding hydrogens is 500 g/mol. The second kappa shape index (κ2) is 11.3. The number of para-hydroxylation sites is 1. The molecule has 0 unspecified atom stereocenters. The largest absolute Gasteiger partial charge is 0.321 e. The topological polar surface area (TPSA) is 101 Å². The summed E-state index contributed by atoms with van der Waals surface area (Å²) < 4.78 is 1.99. The number of carbonyl (C=O) groups excluding carboxylic acids is 1. The van der Waals surface area contributed by atoms with E-state index >= 15 is 0 Å². The molecule has 0 fully saturated rings. The third-order valence-electron chi connectivity index (χ3n) is 6.52. The van der Waals surface area contributed by atoms with Gasteiger partial charge in [-0.05, 0) is 54.0 Å². The van der Waals surface area contributed by atoms with E-state index in [-0.39, 0.29) is 11.3 Å². The molecule has 5 aromatic rings. The van der Waals surface area contributed by atoms with Crippen LogP contribution in [-0.2, 0) is 4.79 Å². The molecule has 0 atom stereocenters. The molecule has 5 rings (SSSR count). The van der Waals surface area contributed by atoms with Gasteiger partial charge in [-0.15, -0.1) is 0 Å². The fourth-order valence-corrected chi connectivity index (χ4v) is 4.55. The number of carbonyl (C=O) groups is 1. The summed E-state index contributed by atoms with van der Waals surface area (Å²) in [6.45, 7) is 1.88. The van der Waals surface area contributed by atoms with E-state index in [0.717, 1.165) is 28.1 Å². The quantitative estimate of drug-likeness (QED) is 0.103. The Morgan fingerprint density at radius 1 is 0.875 bits per heavy atom. The Bertz CT molecular complexity index is 1760. The van der Waals surface area contributed by atoms with E-state index < -0.39 is 10.8 Å². The fraction of sp³-hybridized carbons (Fsp3) is 0.0303. The number of nitrogens with one attached hydrogen (secondary N) is 1. The number of hydrogen-bond acceptors (Lipinski definition) is 4. The maximum atomic E-state index is 13.2. The molecule has 0 saturated carbocycles. The van der Waals surface area contributed by atoms with Crippen molar-refractivity contribution in [2.24, 2.45) is 0 Å². The molecule has 7 nitrogen and oxygen atoms in total. The van der Waals surface area contributed by atoms with Crippen LogP contribution in [0.1, 0.15) is 11.1 Å². The predicted molar refractivity (Wildman–Crippen MR) is 157 cm³/mol. The van der Waals surface area contributed by atoms with E-state index in [1.54, 1.807) is 24.3 Å². The van der Waals surface area contributed by atoms with E-state index in [9.17, 15) is 20.2 Å². The second-order valence-electron chi connectivity index (χ2n) is 9.11. The van der Waals surface area contributed by atoms with E-state index in [0.29, 0.717) is 16.9 Å². The molecular formula is C33H24N4O3. The van der Waals surface area contributed by atoms with Gasteiger partial charge in [0.15, 0.2) is 0 Å². The molecule has 0 saturated heterocycles. The molecule has 4 aromatic carbocycles. The average Bonchev–Trinajstić information content (AvgIpc) is 3.37. The first-order chi connectivity index (χ1) is 19.5. The number of non-ortho nitro benzene ring substituents is 1. The van der Waals surface area contributed by atoms with Gasteiger partial charge in [0.2, 0.25) is 0 Å². The summed E-state index contributed by atoms with van der Waals surface area (Å²) in [5.41, 5.74) is 6.09. The standard InChI is InChI=1S/C33H24N4O3/c1-23-10-8-9-15-30(23)35-33(38)27(22-34)20-26-21-31(24-11-4-2-5-12-24)36(32(26)25-13-6-3-7-14-25)28-16-18-29(19-17-28)37(39)40/h2-21H,1H3,(H,35,38)/b27-20+. The lowest BCUT2D eigenvalue weighted by Gasteiger charge is -2.15. The predicted octanol–water partition coefficient (Wildman–Crippen LogP) is 7.57. The zero-order valence-corrected chi connectivity index (χ0v) is 21.6. The highest BCUT2D eigenvalue weighted by Crippen LogP contribution is 2.37. The van der Waals surface area contributed by atoms with Crippen LogP contribution < -0.4 is 5.32 Å². The molecule has 0 aliphatic heterocycles. The number of amides is 1. The van der Waals surface area contributed by atoms with E-state index in [4.69, 9.17) is 0 Å². The summed E-state index contributed by atoms with van der Waals surface area (Å²) >= 11 is 0. The van der Waals surface area contributed by atoms with Gasteiger partial charge in [0, 0.05) is 29.1 Å². The minimum atomic E-state index is -0.514. The number of aromatic nitrogens is 1. The molecule has 1 N–H and O–H groups in total. The number of nitro groups is 1. The maximum absolute atomic E-state index is 13.2. The molecule has 0 spiro atoms. The van der Waals surface area contributed by atoms with Crippen LogP contribution in [0.3, 0.4) is 0 Å². The van der Waals surface area contributed by atoms with Gasteiger partial charge in [0.1, 0.15) is 11.6 Å². The fourth-order valence-electron chi connectivity index (χ4n) is 4.55. The Morgan fingerprint density at radius 2 is 1.48 bits per heavy atom. The summed E-state index contributed by atoms with van der Waals surface area (Å²) in [7, 11) is 0. The van der Waals surface area contributed by atoms with Gasteiger partial charge in [-0.1, -0.05) is 78.9 Å².